The number of thioether (sulfide) groups is 1. The molecule has 3 aliphatic rings. The minimum Gasteiger partial charge on any atom is -0.494 e. The molecule has 3 aromatic rings. The van der Waals surface area contributed by atoms with Crippen LogP contribution in [0.3, 0.4) is 0 Å². The van der Waals surface area contributed by atoms with Crippen LogP contribution in [0.25, 0.3) is 0 Å². The summed E-state index contributed by atoms with van der Waals surface area (Å²) >= 11 is 8.35. The van der Waals surface area contributed by atoms with Crippen LogP contribution in [0.5, 0.6) is 5.75 Å². The predicted octanol–water partition coefficient (Wildman–Crippen LogP) is 6.48. The highest BCUT2D eigenvalue weighted by Gasteiger charge is 2.74. The van der Waals surface area contributed by atoms with Gasteiger partial charge in [-0.1, -0.05) is 66.2 Å². The normalized spacial score (nSPS) is 24.1. The number of halogens is 1. The molecular weight excluding hydrogens is 670 g/mol. The van der Waals surface area contributed by atoms with Gasteiger partial charge in [0.1, 0.15) is 11.8 Å². The Morgan fingerprint density at radius 3 is 2.38 bits per heavy atom. The number of hydrogen-bond acceptors (Lipinski definition) is 6. The summed E-state index contributed by atoms with van der Waals surface area (Å²) in [6.45, 7) is 12.3. The summed E-state index contributed by atoms with van der Waals surface area (Å²) in [5.41, 5.74) is 2.99. The molecule has 1 N–H and O–H groups in total. The zero-order chi connectivity index (χ0) is 35.6. The van der Waals surface area contributed by atoms with Crippen molar-refractivity contribution >= 4 is 52.5 Å². The van der Waals surface area contributed by atoms with Crippen LogP contribution in [0.1, 0.15) is 30.9 Å². The van der Waals surface area contributed by atoms with Gasteiger partial charge in [-0.25, -0.2) is 0 Å². The van der Waals surface area contributed by atoms with Crippen molar-refractivity contribution in [3.05, 3.63) is 114 Å². The van der Waals surface area contributed by atoms with Gasteiger partial charge < -0.3 is 24.5 Å². The number of rotatable bonds is 14. The number of amides is 3. The van der Waals surface area contributed by atoms with Crippen molar-refractivity contribution in [2.75, 3.05) is 36.1 Å². The largest absolute Gasteiger partial charge is 0.494 e. The van der Waals surface area contributed by atoms with E-state index in [0.29, 0.717) is 48.0 Å². The molecular formula is C40H44ClN3O5S. The first kappa shape index (κ1) is 35.8. The molecule has 2 unspecified atom stereocenters. The molecule has 10 heteroatoms. The Labute approximate surface area is 303 Å². The molecule has 0 aromatic heterocycles. The third-order valence-corrected chi connectivity index (χ3v) is 12.5. The Balaban J connectivity index is 1.45. The standard InChI is InChI=1S/C40H44ClN3O5S/c1-5-22-42(28-16-18-30(19-17-28)49-7-3)37(46)33-32-20-21-40(50-32)34(33)38(47)44(29(25-45)24-27-13-9-8-10-14-27)36(40)39(48)43(23-6-2)35-26(4)12-11-15-31(35)41/h5-6,8-19,29,32-34,36,45H,1-2,7,20-25H2,3-4H3/t29-,32-,33+,34+,36?,40?/m1/s1. The Hall–Kier alpha value is -4.05. The van der Waals surface area contributed by atoms with Gasteiger partial charge in [-0.2, -0.15) is 0 Å². The first-order chi connectivity index (χ1) is 24.2. The first-order valence-electron chi connectivity index (χ1n) is 17.2. The number of para-hydroxylation sites is 1. The van der Waals surface area contributed by atoms with Crippen LogP contribution in [0.15, 0.2) is 98.1 Å². The van der Waals surface area contributed by atoms with Crippen molar-refractivity contribution in [3.8, 4) is 5.75 Å². The van der Waals surface area contributed by atoms with Crippen molar-refractivity contribution < 1.29 is 24.2 Å². The predicted molar refractivity (Wildman–Crippen MR) is 201 cm³/mol. The lowest BCUT2D eigenvalue weighted by Crippen LogP contribution is -2.58. The number of aliphatic hydroxyl groups excluding tert-OH is 1. The van der Waals surface area contributed by atoms with Crippen molar-refractivity contribution in [2.45, 2.75) is 55.2 Å². The number of fused-ring (bicyclic) bond motifs is 1. The molecule has 0 radical (unpaired) electrons. The molecule has 3 aliphatic heterocycles. The molecule has 262 valence electrons. The fraction of sp³-hybridized carbons (Fsp3) is 0.375. The van der Waals surface area contributed by atoms with Crippen LogP contribution in [0, 0.1) is 18.8 Å². The zero-order valence-corrected chi connectivity index (χ0v) is 30.1. The van der Waals surface area contributed by atoms with Crippen LogP contribution < -0.4 is 14.5 Å². The second kappa shape index (κ2) is 15.1. The van der Waals surface area contributed by atoms with E-state index in [1.807, 2.05) is 80.6 Å². The monoisotopic (exact) mass is 713 g/mol. The van der Waals surface area contributed by atoms with Crippen molar-refractivity contribution in [2.24, 2.45) is 11.8 Å². The molecule has 0 saturated carbocycles. The number of nitrogens with zero attached hydrogens (tertiary/aromatic N) is 3. The minimum atomic E-state index is -0.942. The van der Waals surface area contributed by atoms with E-state index in [2.05, 4.69) is 13.2 Å². The lowest BCUT2D eigenvalue weighted by molar-refractivity contribution is -0.141. The molecule has 6 rings (SSSR count). The second-order valence-electron chi connectivity index (χ2n) is 13.1. The molecule has 3 heterocycles. The summed E-state index contributed by atoms with van der Waals surface area (Å²) in [5, 5.41) is 11.2. The molecule has 3 aromatic carbocycles. The van der Waals surface area contributed by atoms with Crippen molar-refractivity contribution in [1.29, 1.82) is 0 Å². The Bertz CT molecular complexity index is 1730. The molecule has 2 bridgehead atoms. The summed E-state index contributed by atoms with van der Waals surface area (Å²) in [6.07, 6.45) is 4.96. The van der Waals surface area contributed by atoms with Crippen LogP contribution in [-0.4, -0.2) is 76.1 Å². The van der Waals surface area contributed by atoms with Crippen LogP contribution in [0.4, 0.5) is 11.4 Å². The van der Waals surface area contributed by atoms with Gasteiger partial charge >= 0.3 is 0 Å². The highest BCUT2D eigenvalue weighted by atomic mass is 35.5. The third-order valence-electron chi connectivity index (χ3n) is 10.2. The SMILES string of the molecule is C=CCN(C(=O)[C@@H]1[C@H]2C(=O)N([C@@H](CO)Cc3ccccc3)C(C(=O)N(CC=C)c3c(C)cccc3Cl)C23CC[C@H]1S3)c1ccc(OCC)cc1. The number of anilines is 2. The maximum absolute atomic E-state index is 15.2. The minimum absolute atomic E-state index is 0.152. The Morgan fingerprint density at radius 1 is 1.04 bits per heavy atom. The zero-order valence-electron chi connectivity index (χ0n) is 28.5. The summed E-state index contributed by atoms with van der Waals surface area (Å²) in [6, 6.07) is 20.8. The van der Waals surface area contributed by atoms with E-state index >= 15 is 9.59 Å². The number of carbonyl (C=O) groups is 3. The number of benzene rings is 3. The number of hydrogen-bond donors (Lipinski definition) is 1. The summed E-state index contributed by atoms with van der Waals surface area (Å²) < 4.78 is 4.75. The first-order valence-corrected chi connectivity index (χ1v) is 18.4. The highest BCUT2D eigenvalue weighted by Crippen LogP contribution is 2.67. The molecule has 3 saturated heterocycles. The molecule has 0 aliphatic carbocycles. The van der Waals surface area contributed by atoms with Crippen LogP contribution in [-0.2, 0) is 20.8 Å². The van der Waals surface area contributed by atoms with Gasteiger partial charge in [0, 0.05) is 24.0 Å². The number of aliphatic hydroxyl groups is 1. The van der Waals surface area contributed by atoms with Gasteiger partial charge in [-0.15, -0.1) is 24.9 Å². The molecule has 50 heavy (non-hydrogen) atoms. The van der Waals surface area contributed by atoms with Gasteiger partial charge in [-0.05, 0) is 74.6 Å². The van der Waals surface area contributed by atoms with E-state index < -0.39 is 28.7 Å². The van der Waals surface area contributed by atoms with Gasteiger partial charge in [0.05, 0.1) is 46.5 Å². The Kier molecular flexibility index (Phi) is 10.8. The maximum atomic E-state index is 15.2. The topological polar surface area (TPSA) is 90.4 Å². The van der Waals surface area contributed by atoms with Gasteiger partial charge in [0.25, 0.3) is 5.91 Å². The Morgan fingerprint density at radius 2 is 1.74 bits per heavy atom. The molecule has 3 fully saturated rings. The number of carbonyl (C=O) groups excluding carboxylic acids is 3. The quantitative estimate of drug-likeness (QED) is 0.193. The van der Waals surface area contributed by atoms with Crippen LogP contribution in [0.2, 0.25) is 5.02 Å². The van der Waals surface area contributed by atoms with Crippen LogP contribution >= 0.6 is 23.4 Å². The van der Waals surface area contributed by atoms with Gasteiger partial charge in [0.15, 0.2) is 0 Å². The molecule has 1 spiro atoms. The number of ether oxygens (including phenoxy) is 1. The summed E-state index contributed by atoms with van der Waals surface area (Å²) in [5.74, 6) is -1.46. The lowest BCUT2D eigenvalue weighted by atomic mass is 9.70. The summed E-state index contributed by atoms with van der Waals surface area (Å²) in [4.78, 5) is 50.0. The van der Waals surface area contributed by atoms with E-state index in [-0.39, 0.29) is 42.7 Å². The summed E-state index contributed by atoms with van der Waals surface area (Å²) in [7, 11) is 0. The fourth-order valence-corrected chi connectivity index (χ4v) is 10.8. The average molecular weight is 714 g/mol. The number of aryl methyl sites for hydroxylation is 1. The third kappa shape index (κ3) is 6.24. The number of likely N-dealkylation sites (tertiary alicyclic amines) is 1. The van der Waals surface area contributed by atoms with Gasteiger partial charge in [0.2, 0.25) is 11.8 Å². The smallest absolute Gasteiger partial charge is 0.251 e. The second-order valence-corrected chi connectivity index (χ2v) is 15.1. The molecule has 6 atom stereocenters. The molecule has 8 nitrogen and oxygen atoms in total. The van der Waals surface area contributed by atoms with E-state index in [1.165, 1.54) is 0 Å². The van der Waals surface area contributed by atoms with E-state index in [1.54, 1.807) is 44.7 Å². The van der Waals surface area contributed by atoms with E-state index in [0.717, 1.165) is 11.1 Å². The maximum Gasteiger partial charge on any atom is 0.251 e. The molecule has 3 amide bonds. The van der Waals surface area contributed by atoms with Gasteiger partial charge in [-0.3, -0.25) is 14.4 Å². The van der Waals surface area contributed by atoms with E-state index in [9.17, 15) is 9.90 Å². The fourth-order valence-electron chi connectivity index (χ4n) is 8.24. The highest BCUT2D eigenvalue weighted by molar-refractivity contribution is 8.02. The van der Waals surface area contributed by atoms with Crippen molar-refractivity contribution in [1.82, 2.24) is 4.90 Å². The van der Waals surface area contributed by atoms with Crippen molar-refractivity contribution in [3.63, 3.8) is 0 Å². The average Bonchev–Trinajstić information content (AvgIpc) is 3.77. The lowest BCUT2D eigenvalue weighted by Gasteiger charge is -2.40. The van der Waals surface area contributed by atoms with E-state index in [4.69, 9.17) is 16.3 Å².